The summed E-state index contributed by atoms with van der Waals surface area (Å²) in [6, 6.07) is 9.52. The van der Waals surface area contributed by atoms with Crippen molar-refractivity contribution in [3.8, 4) is 0 Å². The number of carbonyl (C=O) groups is 1. The van der Waals surface area contributed by atoms with E-state index in [0.29, 0.717) is 11.3 Å². The van der Waals surface area contributed by atoms with Gasteiger partial charge in [-0.3, -0.25) is 4.79 Å². The maximum Gasteiger partial charge on any atom is 0.222 e. The Morgan fingerprint density at radius 2 is 1.69 bits per heavy atom. The van der Waals surface area contributed by atoms with Gasteiger partial charge in [-0.15, -0.1) is 0 Å². The van der Waals surface area contributed by atoms with E-state index in [1.165, 1.54) is 63.1 Å². The highest BCUT2D eigenvalue weighted by Gasteiger charge is 2.41. The molecule has 3 fully saturated rings. The van der Waals surface area contributed by atoms with Crippen molar-refractivity contribution in [2.45, 2.75) is 51.5 Å². The van der Waals surface area contributed by atoms with Crippen LogP contribution in [0.25, 0.3) is 0 Å². The van der Waals surface area contributed by atoms with Crippen molar-refractivity contribution in [3.63, 3.8) is 0 Å². The summed E-state index contributed by atoms with van der Waals surface area (Å²) in [7, 11) is 1.98. The molecule has 0 radical (unpaired) electrons. The minimum Gasteiger partial charge on any atom is -0.371 e. The zero-order valence-corrected chi connectivity index (χ0v) is 16.4. The smallest absolute Gasteiger partial charge is 0.222 e. The van der Waals surface area contributed by atoms with Gasteiger partial charge in [-0.1, -0.05) is 18.2 Å². The highest BCUT2D eigenvalue weighted by molar-refractivity contribution is 5.76. The highest BCUT2D eigenvalue weighted by Crippen LogP contribution is 2.41. The molecule has 4 heteroatoms. The van der Waals surface area contributed by atoms with Crippen molar-refractivity contribution in [2.75, 3.05) is 44.7 Å². The summed E-state index contributed by atoms with van der Waals surface area (Å²) in [4.78, 5) is 19.1. The Kier molecular flexibility index (Phi) is 4.96. The Morgan fingerprint density at radius 1 is 1.00 bits per heavy atom. The second-order valence-corrected chi connectivity index (χ2v) is 8.79. The third-order valence-electron chi connectivity index (χ3n) is 7.16. The number of amides is 1. The maximum atomic E-state index is 11.8. The van der Waals surface area contributed by atoms with E-state index in [2.05, 4.69) is 41.0 Å². The number of hydrogen-bond donors (Lipinski definition) is 0. The maximum absolute atomic E-state index is 11.8. The molecule has 4 rings (SSSR count). The van der Waals surface area contributed by atoms with E-state index in [9.17, 15) is 4.79 Å². The molecule has 0 saturated carbocycles. The van der Waals surface area contributed by atoms with E-state index in [-0.39, 0.29) is 0 Å². The summed E-state index contributed by atoms with van der Waals surface area (Å²) in [6.07, 6.45) is 6.95. The molecule has 1 aromatic rings. The molecule has 3 saturated heterocycles. The van der Waals surface area contributed by atoms with Gasteiger partial charge in [0, 0.05) is 44.8 Å². The first-order chi connectivity index (χ1) is 12.6. The zero-order chi connectivity index (χ0) is 18.1. The third-order valence-corrected chi connectivity index (χ3v) is 7.16. The standard InChI is InChI=1S/C22H33N3O/c1-18-5-3-4-6-20(18)25-13-8-19(9-14-25)24-15-11-22(12-16-24)10-7-21(26)23(2)17-22/h3-6,19H,7-17H2,1-2H3. The quantitative estimate of drug-likeness (QED) is 0.814. The predicted molar refractivity (Wildman–Crippen MR) is 107 cm³/mol. The van der Waals surface area contributed by atoms with Crippen LogP contribution in [-0.2, 0) is 4.79 Å². The molecule has 0 bridgehead atoms. The van der Waals surface area contributed by atoms with Crippen molar-refractivity contribution in [1.82, 2.24) is 9.80 Å². The van der Waals surface area contributed by atoms with Crippen molar-refractivity contribution in [2.24, 2.45) is 5.41 Å². The number of nitrogens with zero attached hydrogens (tertiary/aromatic N) is 3. The largest absolute Gasteiger partial charge is 0.371 e. The van der Waals surface area contributed by atoms with E-state index in [0.717, 1.165) is 25.4 Å². The third kappa shape index (κ3) is 3.48. The Balaban J connectivity index is 1.30. The molecule has 3 aliphatic heterocycles. The van der Waals surface area contributed by atoms with Gasteiger partial charge in [0.2, 0.25) is 5.91 Å². The Hall–Kier alpha value is -1.55. The predicted octanol–water partition coefficient (Wildman–Crippen LogP) is 3.30. The summed E-state index contributed by atoms with van der Waals surface area (Å²) < 4.78 is 0. The van der Waals surface area contributed by atoms with E-state index in [1.807, 2.05) is 11.9 Å². The van der Waals surface area contributed by atoms with Crippen LogP contribution in [0.15, 0.2) is 24.3 Å². The molecule has 142 valence electrons. The van der Waals surface area contributed by atoms with Crippen molar-refractivity contribution >= 4 is 11.6 Å². The lowest BCUT2D eigenvalue weighted by Gasteiger charge is -2.49. The molecule has 0 unspecified atom stereocenters. The van der Waals surface area contributed by atoms with Crippen molar-refractivity contribution < 1.29 is 4.79 Å². The Labute approximate surface area is 158 Å². The lowest BCUT2D eigenvalue weighted by atomic mass is 9.72. The fraction of sp³-hybridized carbons (Fsp3) is 0.682. The van der Waals surface area contributed by atoms with E-state index in [4.69, 9.17) is 0 Å². The van der Waals surface area contributed by atoms with Gasteiger partial charge in [0.05, 0.1) is 0 Å². The molecule has 1 spiro atoms. The molecule has 0 aliphatic carbocycles. The van der Waals surface area contributed by atoms with Crippen LogP contribution in [0.3, 0.4) is 0 Å². The van der Waals surface area contributed by atoms with Gasteiger partial charge < -0.3 is 14.7 Å². The van der Waals surface area contributed by atoms with Gasteiger partial charge in [-0.05, 0) is 69.2 Å². The van der Waals surface area contributed by atoms with Crippen molar-refractivity contribution in [3.05, 3.63) is 29.8 Å². The van der Waals surface area contributed by atoms with Gasteiger partial charge in [-0.2, -0.15) is 0 Å². The topological polar surface area (TPSA) is 26.8 Å². The molecule has 1 amide bonds. The normalized spacial score (nSPS) is 25.1. The molecule has 0 aromatic heterocycles. The molecule has 4 nitrogen and oxygen atoms in total. The summed E-state index contributed by atoms with van der Waals surface area (Å²) in [5.74, 6) is 0.335. The Morgan fingerprint density at radius 3 is 2.35 bits per heavy atom. The number of carbonyl (C=O) groups excluding carboxylic acids is 1. The first-order valence-electron chi connectivity index (χ1n) is 10.3. The summed E-state index contributed by atoms with van der Waals surface area (Å²) in [5.41, 5.74) is 3.21. The molecule has 0 atom stereocenters. The summed E-state index contributed by atoms with van der Waals surface area (Å²) in [6.45, 7) is 7.99. The lowest BCUT2D eigenvalue weighted by Crippen LogP contribution is -2.53. The van der Waals surface area contributed by atoms with Crippen molar-refractivity contribution in [1.29, 1.82) is 0 Å². The SMILES string of the molecule is Cc1ccccc1N1CCC(N2CCC3(CCC(=O)N(C)C3)CC2)CC1. The summed E-state index contributed by atoms with van der Waals surface area (Å²) in [5, 5.41) is 0. The molecule has 3 heterocycles. The number of para-hydroxylation sites is 1. The van der Waals surface area contributed by atoms with Gasteiger partial charge in [0.15, 0.2) is 0 Å². The van der Waals surface area contributed by atoms with Crippen LogP contribution in [-0.4, -0.2) is 61.5 Å². The van der Waals surface area contributed by atoms with Crippen LogP contribution in [0.2, 0.25) is 0 Å². The molecule has 1 aromatic carbocycles. The number of anilines is 1. The van der Waals surface area contributed by atoms with Crippen LogP contribution in [0.5, 0.6) is 0 Å². The molecular formula is C22H33N3O. The van der Waals surface area contributed by atoms with Gasteiger partial charge >= 0.3 is 0 Å². The monoisotopic (exact) mass is 355 g/mol. The number of benzene rings is 1. The number of hydrogen-bond acceptors (Lipinski definition) is 3. The fourth-order valence-corrected chi connectivity index (χ4v) is 5.40. The average Bonchev–Trinajstić information content (AvgIpc) is 2.67. The van der Waals surface area contributed by atoms with Crippen LogP contribution >= 0.6 is 0 Å². The van der Waals surface area contributed by atoms with E-state index < -0.39 is 0 Å². The van der Waals surface area contributed by atoms with Gasteiger partial charge in [0.25, 0.3) is 0 Å². The van der Waals surface area contributed by atoms with Gasteiger partial charge in [-0.25, -0.2) is 0 Å². The second kappa shape index (κ2) is 7.22. The Bertz CT molecular complexity index is 643. The molecule has 26 heavy (non-hydrogen) atoms. The molecular weight excluding hydrogens is 322 g/mol. The van der Waals surface area contributed by atoms with E-state index in [1.54, 1.807) is 0 Å². The average molecular weight is 356 g/mol. The van der Waals surface area contributed by atoms with E-state index >= 15 is 0 Å². The number of piperidine rings is 3. The van der Waals surface area contributed by atoms with Crippen LogP contribution in [0, 0.1) is 12.3 Å². The van der Waals surface area contributed by atoms with Gasteiger partial charge in [0.1, 0.15) is 0 Å². The fourth-order valence-electron chi connectivity index (χ4n) is 5.40. The van der Waals surface area contributed by atoms with Crippen LogP contribution < -0.4 is 4.90 Å². The second-order valence-electron chi connectivity index (χ2n) is 8.79. The number of aryl methyl sites for hydroxylation is 1. The summed E-state index contributed by atoms with van der Waals surface area (Å²) >= 11 is 0. The minimum absolute atomic E-state index is 0.335. The molecule has 3 aliphatic rings. The van der Waals surface area contributed by atoms with Crippen LogP contribution in [0.1, 0.15) is 44.1 Å². The van der Waals surface area contributed by atoms with Crippen LogP contribution in [0.4, 0.5) is 5.69 Å². The highest BCUT2D eigenvalue weighted by atomic mass is 16.2. The first-order valence-corrected chi connectivity index (χ1v) is 10.3. The lowest BCUT2D eigenvalue weighted by molar-refractivity contribution is -0.137. The number of likely N-dealkylation sites (tertiary alicyclic amines) is 2. The molecule has 0 N–H and O–H groups in total. The number of rotatable bonds is 2. The minimum atomic E-state index is 0.335. The zero-order valence-electron chi connectivity index (χ0n) is 16.4. The first kappa shape index (κ1) is 17.8.